The van der Waals surface area contributed by atoms with E-state index in [1.807, 2.05) is 30.3 Å². The molecule has 0 aromatic heterocycles. The lowest BCUT2D eigenvalue weighted by Crippen LogP contribution is -2.24. The fourth-order valence-corrected chi connectivity index (χ4v) is 2.49. The molecule has 2 aromatic carbocycles. The van der Waals surface area contributed by atoms with Crippen molar-refractivity contribution < 1.29 is 0 Å². The van der Waals surface area contributed by atoms with Crippen LogP contribution in [0.2, 0.25) is 5.02 Å². The highest BCUT2D eigenvalue weighted by Gasteiger charge is 2.03. The smallest absolute Gasteiger partial charge is 0.0407 e. The number of nitrogens with zero attached hydrogens (tertiary/aromatic N) is 1. The van der Waals surface area contributed by atoms with Crippen LogP contribution in [0.1, 0.15) is 5.56 Å². The minimum Gasteiger partial charge on any atom is -0.384 e. The van der Waals surface area contributed by atoms with Crippen molar-refractivity contribution in [3.05, 3.63) is 63.6 Å². The van der Waals surface area contributed by atoms with Gasteiger partial charge in [-0.2, -0.15) is 0 Å². The molecule has 0 fully saturated rings. The van der Waals surface area contributed by atoms with Gasteiger partial charge in [0.05, 0.1) is 0 Å². The number of benzene rings is 2. The highest BCUT2D eigenvalue weighted by Crippen LogP contribution is 2.17. The second kappa shape index (κ2) is 7.67. The number of nitrogens with one attached hydrogen (secondary N) is 1. The Morgan fingerprint density at radius 2 is 1.80 bits per heavy atom. The highest BCUT2D eigenvalue weighted by atomic mass is 79.9. The minimum absolute atomic E-state index is 0.765. The number of anilines is 1. The molecule has 0 aliphatic rings. The topological polar surface area (TPSA) is 15.3 Å². The third-order valence-corrected chi connectivity index (χ3v) is 4.09. The molecule has 0 amide bonds. The molecule has 2 nitrogen and oxygen atoms in total. The minimum atomic E-state index is 0.765. The summed E-state index contributed by atoms with van der Waals surface area (Å²) in [5, 5.41) is 4.16. The van der Waals surface area contributed by atoms with Crippen molar-refractivity contribution in [3.8, 4) is 0 Å². The predicted octanol–water partition coefficient (Wildman–Crippen LogP) is 4.65. The average Bonchev–Trinajstić information content (AvgIpc) is 2.44. The van der Waals surface area contributed by atoms with Crippen LogP contribution in [0.5, 0.6) is 0 Å². The van der Waals surface area contributed by atoms with Crippen LogP contribution in [-0.2, 0) is 6.54 Å². The zero-order chi connectivity index (χ0) is 14.4. The summed E-state index contributed by atoms with van der Waals surface area (Å²) in [5.74, 6) is 0. The SMILES string of the molecule is CN(CCNc1ccc(Cl)cc1)Cc1ccccc1Br. The molecule has 0 aliphatic heterocycles. The number of hydrogen-bond acceptors (Lipinski definition) is 2. The van der Waals surface area contributed by atoms with E-state index >= 15 is 0 Å². The molecular formula is C16H18BrClN2. The molecule has 2 rings (SSSR count). The van der Waals surface area contributed by atoms with Crippen molar-refractivity contribution in [2.75, 3.05) is 25.5 Å². The first kappa shape index (κ1) is 15.4. The van der Waals surface area contributed by atoms with Crippen LogP contribution >= 0.6 is 27.5 Å². The molecule has 0 aliphatic carbocycles. The standard InChI is InChI=1S/C16H18BrClN2/c1-20(12-13-4-2-3-5-16(13)17)11-10-19-15-8-6-14(18)7-9-15/h2-9,19H,10-12H2,1H3. The summed E-state index contributed by atoms with van der Waals surface area (Å²) >= 11 is 9.44. The van der Waals surface area contributed by atoms with Gasteiger partial charge in [-0.15, -0.1) is 0 Å². The molecule has 0 saturated carbocycles. The van der Waals surface area contributed by atoms with Gasteiger partial charge >= 0.3 is 0 Å². The Bertz CT molecular complexity index is 542. The van der Waals surface area contributed by atoms with Crippen LogP contribution in [0.3, 0.4) is 0 Å². The van der Waals surface area contributed by atoms with Gasteiger partial charge in [0.1, 0.15) is 0 Å². The summed E-state index contributed by atoms with van der Waals surface area (Å²) in [5.41, 5.74) is 2.41. The summed E-state index contributed by atoms with van der Waals surface area (Å²) in [7, 11) is 2.13. The molecule has 0 radical (unpaired) electrons. The monoisotopic (exact) mass is 352 g/mol. The van der Waals surface area contributed by atoms with Gasteiger partial charge in [-0.25, -0.2) is 0 Å². The molecule has 0 spiro atoms. The van der Waals surface area contributed by atoms with Gasteiger partial charge in [-0.1, -0.05) is 45.7 Å². The number of rotatable bonds is 6. The van der Waals surface area contributed by atoms with Gasteiger partial charge < -0.3 is 10.2 Å². The predicted molar refractivity (Wildman–Crippen MR) is 90.4 cm³/mol. The lowest BCUT2D eigenvalue weighted by atomic mass is 10.2. The van der Waals surface area contributed by atoms with Crippen LogP contribution in [0, 0.1) is 0 Å². The van der Waals surface area contributed by atoms with Gasteiger partial charge in [0, 0.05) is 34.8 Å². The van der Waals surface area contributed by atoms with Crippen molar-refractivity contribution in [3.63, 3.8) is 0 Å². The van der Waals surface area contributed by atoms with E-state index in [9.17, 15) is 0 Å². The van der Waals surface area contributed by atoms with E-state index in [0.29, 0.717) is 0 Å². The maximum Gasteiger partial charge on any atom is 0.0407 e. The Morgan fingerprint density at radius 1 is 1.10 bits per heavy atom. The van der Waals surface area contributed by atoms with E-state index < -0.39 is 0 Å². The van der Waals surface area contributed by atoms with E-state index in [1.54, 1.807) is 0 Å². The normalized spacial score (nSPS) is 10.8. The first-order chi connectivity index (χ1) is 9.65. The van der Waals surface area contributed by atoms with Gasteiger partial charge in [0.25, 0.3) is 0 Å². The first-order valence-corrected chi connectivity index (χ1v) is 7.73. The highest BCUT2D eigenvalue weighted by molar-refractivity contribution is 9.10. The summed E-state index contributed by atoms with van der Waals surface area (Å²) in [4.78, 5) is 2.29. The second-order valence-electron chi connectivity index (χ2n) is 4.76. The zero-order valence-electron chi connectivity index (χ0n) is 11.4. The molecule has 2 aromatic rings. The van der Waals surface area contributed by atoms with Crippen LogP contribution in [0.4, 0.5) is 5.69 Å². The summed E-state index contributed by atoms with van der Waals surface area (Å²) in [6, 6.07) is 16.1. The molecule has 0 saturated heterocycles. The molecular weight excluding hydrogens is 336 g/mol. The Kier molecular flexibility index (Phi) is 5.89. The Labute approximate surface area is 133 Å². The molecule has 106 valence electrons. The van der Waals surface area contributed by atoms with Crippen molar-refractivity contribution in [2.24, 2.45) is 0 Å². The fourth-order valence-electron chi connectivity index (χ4n) is 1.96. The molecule has 0 bridgehead atoms. The zero-order valence-corrected chi connectivity index (χ0v) is 13.8. The third kappa shape index (κ3) is 4.82. The summed E-state index contributed by atoms with van der Waals surface area (Å²) in [6.07, 6.45) is 0. The third-order valence-electron chi connectivity index (χ3n) is 3.06. The molecule has 1 N–H and O–H groups in total. The van der Waals surface area contributed by atoms with Crippen LogP contribution in [-0.4, -0.2) is 25.0 Å². The van der Waals surface area contributed by atoms with Crippen molar-refractivity contribution in [1.82, 2.24) is 4.90 Å². The van der Waals surface area contributed by atoms with E-state index in [0.717, 1.165) is 34.8 Å². The maximum absolute atomic E-state index is 5.86. The largest absolute Gasteiger partial charge is 0.384 e. The molecule has 20 heavy (non-hydrogen) atoms. The lowest BCUT2D eigenvalue weighted by Gasteiger charge is -2.18. The van der Waals surface area contributed by atoms with Crippen molar-refractivity contribution in [2.45, 2.75) is 6.54 Å². The fraction of sp³-hybridized carbons (Fsp3) is 0.250. The Hall–Kier alpha value is -1.03. The van der Waals surface area contributed by atoms with Crippen LogP contribution in [0.15, 0.2) is 53.0 Å². The molecule has 4 heteroatoms. The quantitative estimate of drug-likeness (QED) is 0.813. The number of halogens is 2. The van der Waals surface area contributed by atoms with E-state index in [2.05, 4.69) is 51.4 Å². The van der Waals surface area contributed by atoms with Crippen LogP contribution in [0.25, 0.3) is 0 Å². The Balaban J connectivity index is 1.76. The average molecular weight is 354 g/mol. The van der Waals surface area contributed by atoms with Crippen molar-refractivity contribution in [1.29, 1.82) is 0 Å². The van der Waals surface area contributed by atoms with Crippen molar-refractivity contribution >= 4 is 33.2 Å². The molecule has 0 unspecified atom stereocenters. The lowest BCUT2D eigenvalue weighted by molar-refractivity contribution is 0.339. The molecule has 0 heterocycles. The van der Waals surface area contributed by atoms with Gasteiger partial charge in [-0.05, 0) is 42.9 Å². The molecule has 0 atom stereocenters. The Morgan fingerprint density at radius 3 is 2.50 bits per heavy atom. The number of likely N-dealkylation sites (N-methyl/N-ethyl adjacent to an activating group) is 1. The summed E-state index contributed by atoms with van der Waals surface area (Å²) in [6.45, 7) is 2.82. The number of hydrogen-bond donors (Lipinski definition) is 1. The van der Waals surface area contributed by atoms with Crippen LogP contribution < -0.4 is 5.32 Å². The summed E-state index contributed by atoms with van der Waals surface area (Å²) < 4.78 is 1.16. The first-order valence-electron chi connectivity index (χ1n) is 6.56. The van der Waals surface area contributed by atoms with Gasteiger partial charge in [0.15, 0.2) is 0 Å². The maximum atomic E-state index is 5.86. The second-order valence-corrected chi connectivity index (χ2v) is 6.05. The van der Waals surface area contributed by atoms with E-state index in [-0.39, 0.29) is 0 Å². The van der Waals surface area contributed by atoms with Gasteiger partial charge in [-0.3, -0.25) is 0 Å². The van der Waals surface area contributed by atoms with E-state index in [1.165, 1.54) is 5.56 Å². The van der Waals surface area contributed by atoms with Gasteiger partial charge in [0.2, 0.25) is 0 Å². The van der Waals surface area contributed by atoms with E-state index in [4.69, 9.17) is 11.6 Å².